The molecule has 0 heteroatoms. The van der Waals surface area contributed by atoms with Gasteiger partial charge in [0.15, 0.2) is 0 Å². The summed E-state index contributed by atoms with van der Waals surface area (Å²) in [5, 5.41) is 11.0. The number of hydrogen-bond donors (Lipinski definition) is 0. The number of allylic oxidation sites excluding steroid dienone is 4. The molecule has 0 saturated heterocycles. The second kappa shape index (κ2) is 7.10. The van der Waals surface area contributed by atoms with Gasteiger partial charge in [0.25, 0.3) is 0 Å². The Kier molecular flexibility index (Phi) is 4.21. The molecular formula is C31H26. The van der Waals surface area contributed by atoms with E-state index in [0.29, 0.717) is 0 Å². The van der Waals surface area contributed by atoms with Crippen LogP contribution < -0.4 is 0 Å². The third kappa shape index (κ3) is 2.75. The van der Waals surface area contributed by atoms with Crippen LogP contribution in [0, 0.1) is 6.92 Å². The summed E-state index contributed by atoms with van der Waals surface area (Å²) in [7, 11) is 0. The molecule has 0 unspecified atom stereocenters. The summed E-state index contributed by atoms with van der Waals surface area (Å²) < 4.78 is 0. The Balaban J connectivity index is 1.87. The average Bonchev–Trinajstić information content (AvgIpc) is 2.83. The molecular weight excluding hydrogens is 372 g/mol. The summed E-state index contributed by atoms with van der Waals surface area (Å²) in [6, 6.07) is 25.2. The Morgan fingerprint density at radius 1 is 0.710 bits per heavy atom. The molecule has 5 aromatic carbocycles. The Labute approximate surface area is 183 Å². The fourth-order valence-corrected chi connectivity index (χ4v) is 5.50. The molecule has 0 amide bonds. The zero-order valence-corrected chi connectivity index (χ0v) is 18.2. The third-order valence-corrected chi connectivity index (χ3v) is 6.94. The average molecular weight is 399 g/mol. The first-order chi connectivity index (χ1) is 15.3. The Morgan fingerprint density at radius 3 is 2.32 bits per heavy atom. The van der Waals surface area contributed by atoms with Crippen molar-refractivity contribution in [2.75, 3.05) is 0 Å². The minimum Gasteiger partial charge on any atom is -0.0836 e. The molecule has 150 valence electrons. The van der Waals surface area contributed by atoms with Gasteiger partial charge < -0.3 is 0 Å². The molecule has 0 aromatic heterocycles. The number of rotatable bonds is 2. The van der Waals surface area contributed by atoms with Crippen molar-refractivity contribution in [3.8, 4) is 0 Å². The van der Waals surface area contributed by atoms with Gasteiger partial charge in [-0.3, -0.25) is 0 Å². The molecule has 0 heterocycles. The smallest absolute Gasteiger partial charge is 0.00174 e. The largest absolute Gasteiger partial charge is 0.0836 e. The van der Waals surface area contributed by atoms with Gasteiger partial charge in [-0.05, 0) is 97.6 Å². The molecule has 1 aliphatic rings. The van der Waals surface area contributed by atoms with E-state index in [4.69, 9.17) is 0 Å². The summed E-state index contributed by atoms with van der Waals surface area (Å²) in [6.45, 7) is 4.55. The quantitative estimate of drug-likeness (QED) is 0.260. The predicted octanol–water partition coefficient (Wildman–Crippen LogP) is 8.90. The SMILES string of the molecule is CCc1cccc2c3ccccc3c3c4cc(C5=CCCC=C5)ccc4cc(C)c3c12. The zero-order chi connectivity index (χ0) is 20.9. The van der Waals surface area contributed by atoms with Crippen molar-refractivity contribution in [3.05, 3.63) is 102 Å². The molecule has 0 aliphatic heterocycles. The van der Waals surface area contributed by atoms with Gasteiger partial charge in [0.1, 0.15) is 0 Å². The number of benzene rings is 5. The summed E-state index contributed by atoms with van der Waals surface area (Å²) in [4.78, 5) is 0. The van der Waals surface area contributed by atoms with Crippen molar-refractivity contribution in [2.45, 2.75) is 33.1 Å². The molecule has 0 spiro atoms. The van der Waals surface area contributed by atoms with Gasteiger partial charge in [-0.1, -0.05) is 85.8 Å². The summed E-state index contributed by atoms with van der Waals surface area (Å²) in [6.07, 6.45) is 10.3. The van der Waals surface area contributed by atoms with Crippen LogP contribution >= 0.6 is 0 Å². The van der Waals surface area contributed by atoms with Crippen LogP contribution in [0.5, 0.6) is 0 Å². The maximum absolute atomic E-state index is 2.42. The minimum atomic E-state index is 1.04. The van der Waals surface area contributed by atoms with Gasteiger partial charge in [0.05, 0.1) is 0 Å². The van der Waals surface area contributed by atoms with Crippen molar-refractivity contribution in [3.63, 3.8) is 0 Å². The lowest BCUT2D eigenvalue weighted by Gasteiger charge is -2.18. The highest BCUT2D eigenvalue weighted by molar-refractivity contribution is 6.32. The molecule has 0 N–H and O–H groups in total. The Morgan fingerprint density at radius 2 is 1.52 bits per heavy atom. The van der Waals surface area contributed by atoms with Crippen LogP contribution in [0.15, 0.2) is 85.0 Å². The van der Waals surface area contributed by atoms with E-state index in [1.165, 1.54) is 65.4 Å². The molecule has 5 aromatic rings. The van der Waals surface area contributed by atoms with Gasteiger partial charge >= 0.3 is 0 Å². The van der Waals surface area contributed by atoms with Crippen LogP contribution in [0.3, 0.4) is 0 Å². The highest BCUT2D eigenvalue weighted by Crippen LogP contribution is 2.42. The molecule has 0 fully saturated rings. The molecule has 0 saturated carbocycles. The van der Waals surface area contributed by atoms with E-state index in [0.717, 1.165) is 19.3 Å². The second-order valence-electron chi connectivity index (χ2n) is 8.76. The van der Waals surface area contributed by atoms with E-state index in [1.807, 2.05) is 0 Å². The summed E-state index contributed by atoms with van der Waals surface area (Å²) in [5.74, 6) is 0. The lowest BCUT2D eigenvalue weighted by atomic mass is 9.85. The monoisotopic (exact) mass is 398 g/mol. The van der Waals surface area contributed by atoms with E-state index in [9.17, 15) is 0 Å². The molecule has 0 nitrogen and oxygen atoms in total. The first kappa shape index (κ1) is 18.4. The molecule has 6 rings (SSSR count). The standard InChI is InChI=1S/C31H26/c1-3-21-12-9-15-26-25-13-7-8-14-27(25)31-28-19-23(22-10-5-4-6-11-22)16-17-24(28)18-20(2)29(31)30(21)26/h5,7-19H,3-4,6H2,1-2H3. The lowest BCUT2D eigenvalue weighted by molar-refractivity contribution is 1.04. The van der Waals surface area contributed by atoms with Crippen LogP contribution in [0.1, 0.15) is 36.5 Å². The van der Waals surface area contributed by atoms with E-state index in [2.05, 4.69) is 98.8 Å². The van der Waals surface area contributed by atoms with Crippen molar-refractivity contribution >= 4 is 48.7 Å². The molecule has 0 radical (unpaired) electrons. The van der Waals surface area contributed by atoms with E-state index in [-0.39, 0.29) is 0 Å². The first-order valence-electron chi connectivity index (χ1n) is 11.4. The van der Waals surface area contributed by atoms with E-state index >= 15 is 0 Å². The Bertz CT molecular complexity index is 1560. The van der Waals surface area contributed by atoms with Crippen LogP contribution in [0.25, 0.3) is 48.7 Å². The summed E-state index contributed by atoms with van der Waals surface area (Å²) in [5.41, 5.74) is 5.47. The zero-order valence-electron chi connectivity index (χ0n) is 18.2. The van der Waals surface area contributed by atoms with Gasteiger partial charge in [-0.2, -0.15) is 0 Å². The Hall–Kier alpha value is -3.38. The van der Waals surface area contributed by atoms with E-state index < -0.39 is 0 Å². The van der Waals surface area contributed by atoms with Gasteiger partial charge in [-0.25, -0.2) is 0 Å². The van der Waals surface area contributed by atoms with Crippen molar-refractivity contribution in [2.24, 2.45) is 0 Å². The molecule has 31 heavy (non-hydrogen) atoms. The highest BCUT2D eigenvalue weighted by Gasteiger charge is 2.16. The van der Waals surface area contributed by atoms with Crippen molar-refractivity contribution in [1.82, 2.24) is 0 Å². The highest BCUT2D eigenvalue weighted by atomic mass is 14.2. The van der Waals surface area contributed by atoms with Crippen LogP contribution in [0.2, 0.25) is 0 Å². The van der Waals surface area contributed by atoms with Crippen molar-refractivity contribution in [1.29, 1.82) is 0 Å². The fraction of sp³-hybridized carbons (Fsp3) is 0.161. The van der Waals surface area contributed by atoms with Gasteiger partial charge in [-0.15, -0.1) is 0 Å². The first-order valence-corrected chi connectivity index (χ1v) is 11.4. The van der Waals surface area contributed by atoms with Crippen LogP contribution in [-0.4, -0.2) is 0 Å². The molecule has 1 aliphatic carbocycles. The minimum absolute atomic E-state index is 1.04. The van der Waals surface area contributed by atoms with Crippen LogP contribution in [-0.2, 0) is 6.42 Å². The topological polar surface area (TPSA) is 0 Å². The van der Waals surface area contributed by atoms with Crippen molar-refractivity contribution < 1.29 is 0 Å². The molecule has 0 atom stereocenters. The predicted molar refractivity (Wildman–Crippen MR) is 137 cm³/mol. The number of fused-ring (bicyclic) bond motifs is 8. The lowest BCUT2D eigenvalue weighted by Crippen LogP contribution is -1.93. The number of aryl methyl sites for hydroxylation is 2. The number of hydrogen-bond acceptors (Lipinski definition) is 0. The maximum atomic E-state index is 2.42. The fourth-order valence-electron chi connectivity index (χ4n) is 5.50. The second-order valence-corrected chi connectivity index (χ2v) is 8.76. The van der Waals surface area contributed by atoms with Gasteiger partial charge in [0.2, 0.25) is 0 Å². The third-order valence-electron chi connectivity index (χ3n) is 6.94. The normalized spacial score (nSPS) is 14.1. The van der Waals surface area contributed by atoms with Gasteiger partial charge in [0, 0.05) is 0 Å². The van der Waals surface area contributed by atoms with Crippen LogP contribution in [0.4, 0.5) is 0 Å². The maximum Gasteiger partial charge on any atom is -0.00174 e. The summed E-state index contributed by atoms with van der Waals surface area (Å²) >= 11 is 0. The van der Waals surface area contributed by atoms with E-state index in [1.54, 1.807) is 0 Å². The molecule has 0 bridgehead atoms.